The number of benzene rings is 3. The number of nitrogen functional groups attached to an aromatic ring is 2. The number of aryl methyl sites for hydroxylation is 1. The van der Waals surface area contributed by atoms with Gasteiger partial charge in [0.05, 0.1) is 24.0 Å². The summed E-state index contributed by atoms with van der Waals surface area (Å²) in [5.74, 6) is 1.67. The number of hydrogen-bond donors (Lipinski definition) is 3. The van der Waals surface area contributed by atoms with E-state index in [1.54, 1.807) is 23.1 Å². The molecule has 42 heavy (non-hydrogen) atoms. The van der Waals surface area contributed by atoms with Crippen LogP contribution in [0.2, 0.25) is 0 Å². The molecule has 2 aromatic heterocycles. The van der Waals surface area contributed by atoms with E-state index in [9.17, 15) is 4.79 Å². The molecule has 0 unspecified atom stereocenters. The van der Waals surface area contributed by atoms with Gasteiger partial charge in [-0.15, -0.1) is 0 Å². The molecule has 0 saturated carbocycles. The molecular formula is C33H40N6O3. The number of nitrogens with two attached hydrogens (primary N) is 3. The van der Waals surface area contributed by atoms with Crippen molar-refractivity contribution in [3.63, 3.8) is 0 Å². The van der Waals surface area contributed by atoms with E-state index in [1.807, 2.05) is 93.4 Å². The fourth-order valence-electron chi connectivity index (χ4n) is 4.08. The number of anilines is 2. The summed E-state index contributed by atoms with van der Waals surface area (Å²) >= 11 is 0. The van der Waals surface area contributed by atoms with Gasteiger partial charge in [0.2, 0.25) is 5.91 Å². The van der Waals surface area contributed by atoms with E-state index >= 15 is 0 Å². The highest BCUT2D eigenvalue weighted by Gasteiger charge is 2.11. The highest BCUT2D eigenvalue weighted by Crippen LogP contribution is 2.26. The van der Waals surface area contributed by atoms with Crippen LogP contribution in [0.5, 0.6) is 11.5 Å². The van der Waals surface area contributed by atoms with Gasteiger partial charge in [0.15, 0.2) is 0 Å². The van der Waals surface area contributed by atoms with E-state index in [-0.39, 0.29) is 12.3 Å². The van der Waals surface area contributed by atoms with Crippen molar-refractivity contribution in [3.8, 4) is 17.2 Å². The predicted molar refractivity (Wildman–Crippen MR) is 171 cm³/mol. The fourth-order valence-corrected chi connectivity index (χ4v) is 4.08. The third-order valence-corrected chi connectivity index (χ3v) is 5.84. The third kappa shape index (κ3) is 9.78. The summed E-state index contributed by atoms with van der Waals surface area (Å²) < 4.78 is 7.25. The van der Waals surface area contributed by atoms with Crippen molar-refractivity contribution in [2.75, 3.05) is 11.5 Å². The molecular weight excluding hydrogens is 528 g/mol. The summed E-state index contributed by atoms with van der Waals surface area (Å²) in [4.78, 5) is 23.4. The average molecular weight is 569 g/mol. The van der Waals surface area contributed by atoms with Crippen molar-refractivity contribution in [2.24, 2.45) is 5.73 Å². The molecule has 220 valence electrons. The molecule has 0 fully saturated rings. The summed E-state index contributed by atoms with van der Waals surface area (Å²) in [6, 6.07) is 24.8. The molecule has 0 atom stereocenters. The van der Waals surface area contributed by atoms with Crippen molar-refractivity contribution in [3.05, 3.63) is 103 Å². The fraction of sp³-hybridized carbons (Fsp3) is 0.212. The number of carbonyl (C=O) groups excluding carboxylic acids is 2. The first-order valence-electron chi connectivity index (χ1n) is 13.8. The maximum Gasteiger partial charge on any atom is 0.221 e. The summed E-state index contributed by atoms with van der Waals surface area (Å²) in [7, 11) is 0. The van der Waals surface area contributed by atoms with Crippen LogP contribution in [0.4, 0.5) is 11.5 Å². The van der Waals surface area contributed by atoms with Crippen LogP contribution in [0.25, 0.3) is 16.5 Å². The molecule has 1 amide bonds. The first-order valence-corrected chi connectivity index (χ1v) is 13.8. The zero-order valence-corrected chi connectivity index (χ0v) is 24.5. The van der Waals surface area contributed by atoms with Crippen LogP contribution in [0.3, 0.4) is 0 Å². The number of rotatable bonds is 8. The number of pyridine rings is 1. The minimum atomic E-state index is -0.352. The van der Waals surface area contributed by atoms with E-state index in [0.29, 0.717) is 17.3 Å². The van der Waals surface area contributed by atoms with Gasteiger partial charge >= 0.3 is 0 Å². The molecule has 9 nitrogen and oxygen atoms in total. The molecule has 6 N–H and O–H groups in total. The second-order valence-electron chi connectivity index (χ2n) is 8.91. The van der Waals surface area contributed by atoms with Crippen LogP contribution in [-0.2, 0) is 22.4 Å². The Morgan fingerprint density at radius 3 is 2.33 bits per heavy atom. The highest BCUT2D eigenvalue weighted by atomic mass is 16.5. The zero-order valence-electron chi connectivity index (χ0n) is 24.5. The molecule has 0 bridgehead atoms. The lowest BCUT2D eigenvalue weighted by Gasteiger charge is -2.10. The molecule has 0 aliphatic heterocycles. The maximum absolute atomic E-state index is 11.4. The Morgan fingerprint density at radius 1 is 0.929 bits per heavy atom. The van der Waals surface area contributed by atoms with E-state index in [1.165, 1.54) is 0 Å². The van der Waals surface area contributed by atoms with Gasteiger partial charge in [0.25, 0.3) is 0 Å². The minimum Gasteiger partial charge on any atom is -0.456 e. The van der Waals surface area contributed by atoms with Crippen LogP contribution in [-0.4, -0.2) is 27.5 Å². The van der Waals surface area contributed by atoms with Crippen LogP contribution in [0.15, 0.2) is 91.3 Å². The third-order valence-electron chi connectivity index (χ3n) is 5.84. The highest BCUT2D eigenvalue weighted by molar-refractivity contribution is 5.91. The second kappa shape index (κ2) is 17.5. The first kappa shape index (κ1) is 33.0. The van der Waals surface area contributed by atoms with E-state index in [4.69, 9.17) is 26.7 Å². The number of amides is 1. The van der Waals surface area contributed by atoms with Crippen LogP contribution < -0.4 is 21.9 Å². The maximum atomic E-state index is 11.4. The van der Waals surface area contributed by atoms with E-state index < -0.39 is 0 Å². The van der Waals surface area contributed by atoms with Crippen molar-refractivity contribution < 1.29 is 14.3 Å². The number of fused-ring (bicyclic) bond motifs is 1. The van der Waals surface area contributed by atoms with Crippen molar-refractivity contribution in [2.45, 2.75) is 46.5 Å². The van der Waals surface area contributed by atoms with Gasteiger partial charge in [-0.1, -0.05) is 57.5 Å². The summed E-state index contributed by atoms with van der Waals surface area (Å²) in [6.07, 6.45) is 6.66. The molecule has 9 heteroatoms. The van der Waals surface area contributed by atoms with Gasteiger partial charge in [-0.05, 0) is 65.6 Å². The second-order valence-corrected chi connectivity index (χ2v) is 8.91. The van der Waals surface area contributed by atoms with E-state index in [0.717, 1.165) is 52.7 Å². The quantitative estimate of drug-likeness (QED) is 0.186. The summed E-state index contributed by atoms with van der Waals surface area (Å²) in [6.45, 7) is 8.15. The largest absolute Gasteiger partial charge is 0.456 e. The summed E-state index contributed by atoms with van der Waals surface area (Å²) in [5, 5.41) is 6.68. The van der Waals surface area contributed by atoms with Crippen molar-refractivity contribution >= 4 is 35.0 Å². The van der Waals surface area contributed by atoms with Gasteiger partial charge in [0, 0.05) is 24.0 Å². The van der Waals surface area contributed by atoms with E-state index in [2.05, 4.69) is 17.0 Å². The number of carbonyl (C=O) groups is 2. The Hall–Kier alpha value is -5.18. The number of nitrogens with zero attached hydrogens (tertiary/aromatic N) is 3. The number of aromatic nitrogens is 3. The molecule has 0 aliphatic carbocycles. The Morgan fingerprint density at radius 2 is 1.67 bits per heavy atom. The molecule has 5 rings (SSSR count). The lowest BCUT2D eigenvalue weighted by atomic mass is 10.0. The lowest BCUT2D eigenvalue weighted by molar-refractivity contribution is -0.117. The van der Waals surface area contributed by atoms with Crippen molar-refractivity contribution in [1.82, 2.24) is 14.8 Å². The van der Waals surface area contributed by atoms with Gasteiger partial charge in [-0.2, -0.15) is 5.10 Å². The molecule has 2 heterocycles. The van der Waals surface area contributed by atoms with Crippen molar-refractivity contribution in [1.29, 1.82) is 0 Å². The van der Waals surface area contributed by atoms with Gasteiger partial charge in [0.1, 0.15) is 24.1 Å². The molecule has 0 aliphatic rings. The molecule has 3 aromatic carbocycles. The topological polar surface area (TPSA) is 152 Å². The van der Waals surface area contributed by atoms with Gasteiger partial charge < -0.3 is 26.7 Å². The predicted octanol–water partition coefficient (Wildman–Crippen LogP) is 6.28. The zero-order chi connectivity index (χ0) is 30.9. The number of hydrogen-bond acceptors (Lipinski definition) is 7. The van der Waals surface area contributed by atoms with Crippen LogP contribution in [0.1, 0.15) is 44.9 Å². The Kier molecular flexibility index (Phi) is 13.8. The Labute approximate surface area is 247 Å². The molecule has 0 spiro atoms. The summed E-state index contributed by atoms with van der Waals surface area (Å²) in [5.41, 5.74) is 20.6. The minimum absolute atomic E-state index is 0.193. The molecule has 0 radical (unpaired) electrons. The standard InChI is InChI=1S/C19H22N4O.C11H10N2O.C2H6.CH2O/c1-2-3-7-15-12-18(20)23(22-15)16-9-13-6-4-5-8-17(13)14(10-16)11-19(21)24;12-9-3-1-4-10(7-9)14-11-5-2-6-13-8-11;2*1-2/h4-6,8-10,12H,2-3,7,11,20H2,1H3,(H2,21,24);1-8H,12H2;1-2H3;1H2. The number of ether oxygens (including phenoxy) is 1. The monoisotopic (exact) mass is 568 g/mol. The van der Waals surface area contributed by atoms with Gasteiger partial charge in [-0.3, -0.25) is 9.78 Å². The number of unbranched alkanes of at least 4 members (excludes halogenated alkanes) is 1. The first-order chi connectivity index (χ1) is 20.4. The Bertz CT molecular complexity index is 1540. The average Bonchev–Trinajstić information content (AvgIpc) is 3.39. The van der Waals surface area contributed by atoms with Crippen LogP contribution >= 0.6 is 0 Å². The normalized spacial score (nSPS) is 9.79. The SMILES string of the molecule is C=O.CC.CCCCc1cc(N)n(-c2cc(CC(N)=O)c3ccccc3c2)n1.Nc1cccc(Oc2cccnc2)c1. The Balaban J connectivity index is 0.000000291. The van der Waals surface area contributed by atoms with Crippen LogP contribution in [0, 0.1) is 0 Å². The molecule has 0 saturated heterocycles. The lowest BCUT2D eigenvalue weighted by Crippen LogP contribution is -2.14. The number of primary amides is 1. The smallest absolute Gasteiger partial charge is 0.221 e. The molecule has 5 aromatic rings. The van der Waals surface area contributed by atoms with Gasteiger partial charge in [-0.25, -0.2) is 4.68 Å².